The van der Waals surface area contributed by atoms with Crippen LogP contribution < -0.4 is 11.1 Å². The van der Waals surface area contributed by atoms with E-state index in [1.165, 1.54) is 25.7 Å². The lowest BCUT2D eigenvalue weighted by atomic mass is 9.82. The number of amides is 1. The van der Waals surface area contributed by atoms with Gasteiger partial charge in [-0.3, -0.25) is 4.79 Å². The number of nitrogen functional groups attached to an aromatic ring is 1. The Balaban J connectivity index is 1.94. The van der Waals surface area contributed by atoms with Crippen LogP contribution in [0.1, 0.15) is 43.0 Å². The first-order chi connectivity index (χ1) is 9.08. The molecule has 0 bridgehead atoms. The minimum Gasteiger partial charge on any atom is -0.398 e. The standard InChI is InChI=1S/C15H21ClN2O/c1-10-4-2-5-11(8-10)9-18-15(19)14-12(16)6-3-7-13(14)17/h3,6-7,10-11H,2,4-5,8-9,17H2,1H3,(H,18,19). The predicted molar refractivity (Wildman–Crippen MR) is 79.3 cm³/mol. The fraction of sp³-hybridized carbons (Fsp3) is 0.533. The molecule has 104 valence electrons. The average molecular weight is 281 g/mol. The summed E-state index contributed by atoms with van der Waals surface area (Å²) in [4.78, 5) is 12.1. The summed E-state index contributed by atoms with van der Waals surface area (Å²) < 4.78 is 0. The highest BCUT2D eigenvalue weighted by Gasteiger charge is 2.20. The van der Waals surface area contributed by atoms with Crippen molar-refractivity contribution in [3.63, 3.8) is 0 Å². The molecule has 2 atom stereocenters. The number of carbonyl (C=O) groups is 1. The molecule has 0 spiro atoms. The minimum atomic E-state index is -0.165. The van der Waals surface area contributed by atoms with Crippen molar-refractivity contribution in [2.75, 3.05) is 12.3 Å². The summed E-state index contributed by atoms with van der Waals surface area (Å²) in [6.07, 6.45) is 4.96. The summed E-state index contributed by atoms with van der Waals surface area (Å²) in [5, 5.41) is 3.38. The summed E-state index contributed by atoms with van der Waals surface area (Å²) in [6.45, 7) is 2.99. The first-order valence-corrected chi connectivity index (χ1v) is 7.28. The third kappa shape index (κ3) is 3.63. The van der Waals surface area contributed by atoms with Crippen LogP contribution in [0.5, 0.6) is 0 Å². The Morgan fingerprint density at radius 3 is 2.95 bits per heavy atom. The van der Waals surface area contributed by atoms with Gasteiger partial charge >= 0.3 is 0 Å². The molecule has 3 N–H and O–H groups in total. The van der Waals surface area contributed by atoms with E-state index >= 15 is 0 Å². The van der Waals surface area contributed by atoms with Gasteiger partial charge < -0.3 is 11.1 Å². The quantitative estimate of drug-likeness (QED) is 0.833. The van der Waals surface area contributed by atoms with E-state index in [1.54, 1.807) is 18.2 Å². The first kappa shape index (κ1) is 14.2. The van der Waals surface area contributed by atoms with E-state index in [0.717, 1.165) is 5.92 Å². The van der Waals surface area contributed by atoms with E-state index in [0.29, 0.717) is 28.7 Å². The number of halogens is 1. The van der Waals surface area contributed by atoms with Gasteiger partial charge in [0, 0.05) is 12.2 Å². The van der Waals surface area contributed by atoms with E-state index in [2.05, 4.69) is 12.2 Å². The molecule has 1 aromatic rings. The number of rotatable bonds is 3. The summed E-state index contributed by atoms with van der Waals surface area (Å²) in [7, 11) is 0. The molecule has 1 aliphatic rings. The maximum atomic E-state index is 12.1. The van der Waals surface area contributed by atoms with E-state index in [-0.39, 0.29) is 5.91 Å². The van der Waals surface area contributed by atoms with Crippen molar-refractivity contribution in [1.29, 1.82) is 0 Å². The number of nitrogens with two attached hydrogens (primary N) is 1. The molecule has 0 heterocycles. The highest BCUT2D eigenvalue weighted by atomic mass is 35.5. The maximum Gasteiger partial charge on any atom is 0.254 e. The molecule has 4 heteroatoms. The third-order valence-electron chi connectivity index (χ3n) is 3.87. The van der Waals surface area contributed by atoms with Gasteiger partial charge in [-0.2, -0.15) is 0 Å². The van der Waals surface area contributed by atoms with E-state index in [4.69, 9.17) is 17.3 Å². The topological polar surface area (TPSA) is 55.1 Å². The van der Waals surface area contributed by atoms with Crippen molar-refractivity contribution < 1.29 is 4.79 Å². The molecule has 0 radical (unpaired) electrons. The Morgan fingerprint density at radius 1 is 1.47 bits per heavy atom. The molecule has 1 saturated carbocycles. The van der Waals surface area contributed by atoms with Gasteiger partial charge in [-0.1, -0.05) is 37.4 Å². The van der Waals surface area contributed by atoms with Crippen LogP contribution in [0.15, 0.2) is 18.2 Å². The van der Waals surface area contributed by atoms with Crippen molar-refractivity contribution in [1.82, 2.24) is 5.32 Å². The number of anilines is 1. The number of nitrogens with one attached hydrogen (secondary N) is 1. The fourth-order valence-corrected chi connectivity index (χ4v) is 3.12. The lowest BCUT2D eigenvalue weighted by molar-refractivity contribution is 0.0941. The zero-order chi connectivity index (χ0) is 13.8. The highest BCUT2D eigenvalue weighted by Crippen LogP contribution is 2.28. The van der Waals surface area contributed by atoms with Crippen LogP contribution in [0.3, 0.4) is 0 Å². The molecular formula is C15H21ClN2O. The van der Waals surface area contributed by atoms with Crippen molar-refractivity contribution in [3.8, 4) is 0 Å². The second-order valence-corrected chi connectivity index (χ2v) is 5.96. The van der Waals surface area contributed by atoms with Crippen molar-refractivity contribution in [2.45, 2.75) is 32.6 Å². The maximum absolute atomic E-state index is 12.1. The summed E-state index contributed by atoms with van der Waals surface area (Å²) in [6, 6.07) is 5.14. The van der Waals surface area contributed by atoms with Gasteiger partial charge in [0.25, 0.3) is 5.91 Å². The molecule has 1 aliphatic carbocycles. The monoisotopic (exact) mass is 280 g/mol. The predicted octanol–water partition coefficient (Wildman–Crippen LogP) is 3.48. The molecule has 1 fully saturated rings. The Hall–Kier alpha value is -1.22. The third-order valence-corrected chi connectivity index (χ3v) is 4.18. The van der Waals surface area contributed by atoms with Gasteiger partial charge in [0.05, 0.1) is 10.6 Å². The molecule has 19 heavy (non-hydrogen) atoms. The van der Waals surface area contributed by atoms with E-state index in [1.807, 2.05) is 0 Å². The van der Waals surface area contributed by atoms with Crippen LogP contribution in [0.2, 0.25) is 5.02 Å². The second-order valence-electron chi connectivity index (χ2n) is 5.55. The Kier molecular flexibility index (Phi) is 4.70. The van der Waals surface area contributed by atoms with Gasteiger partial charge in [0.15, 0.2) is 0 Å². The second kappa shape index (κ2) is 6.29. The van der Waals surface area contributed by atoms with Crippen LogP contribution >= 0.6 is 11.6 Å². The SMILES string of the molecule is CC1CCCC(CNC(=O)c2c(N)cccc2Cl)C1. The zero-order valence-electron chi connectivity index (χ0n) is 11.3. The number of hydrogen-bond acceptors (Lipinski definition) is 2. The van der Waals surface area contributed by atoms with Crippen molar-refractivity contribution in [2.24, 2.45) is 11.8 Å². The number of carbonyl (C=O) groups excluding carboxylic acids is 1. The normalized spacial score (nSPS) is 23.1. The summed E-state index contributed by atoms with van der Waals surface area (Å²) >= 11 is 6.03. The molecule has 2 unspecified atom stereocenters. The molecule has 2 rings (SSSR count). The molecule has 1 amide bonds. The molecule has 1 aromatic carbocycles. The van der Waals surface area contributed by atoms with Gasteiger partial charge in [0.1, 0.15) is 0 Å². The zero-order valence-corrected chi connectivity index (χ0v) is 12.0. The van der Waals surface area contributed by atoms with E-state index < -0.39 is 0 Å². The fourth-order valence-electron chi connectivity index (χ4n) is 2.85. The van der Waals surface area contributed by atoms with Crippen molar-refractivity contribution >= 4 is 23.2 Å². The molecular weight excluding hydrogens is 260 g/mol. The molecule has 0 aromatic heterocycles. The minimum absolute atomic E-state index is 0.165. The highest BCUT2D eigenvalue weighted by molar-refractivity contribution is 6.34. The largest absolute Gasteiger partial charge is 0.398 e. The van der Waals surface area contributed by atoms with Crippen LogP contribution in [0.4, 0.5) is 5.69 Å². The van der Waals surface area contributed by atoms with Gasteiger partial charge in [-0.25, -0.2) is 0 Å². The number of benzene rings is 1. The Morgan fingerprint density at radius 2 is 2.26 bits per heavy atom. The smallest absolute Gasteiger partial charge is 0.254 e. The summed E-state index contributed by atoms with van der Waals surface area (Å²) in [5.74, 6) is 1.18. The van der Waals surface area contributed by atoms with Crippen LogP contribution in [0.25, 0.3) is 0 Å². The van der Waals surface area contributed by atoms with Crippen LogP contribution in [-0.2, 0) is 0 Å². The number of hydrogen-bond donors (Lipinski definition) is 2. The molecule has 0 aliphatic heterocycles. The summed E-state index contributed by atoms with van der Waals surface area (Å²) in [5.41, 5.74) is 6.64. The van der Waals surface area contributed by atoms with Crippen LogP contribution in [-0.4, -0.2) is 12.5 Å². The van der Waals surface area contributed by atoms with E-state index in [9.17, 15) is 4.79 Å². The lowest BCUT2D eigenvalue weighted by Gasteiger charge is -2.26. The van der Waals surface area contributed by atoms with Crippen LogP contribution in [0, 0.1) is 11.8 Å². The van der Waals surface area contributed by atoms with Gasteiger partial charge in [-0.05, 0) is 36.8 Å². The average Bonchev–Trinajstić information content (AvgIpc) is 2.36. The first-order valence-electron chi connectivity index (χ1n) is 6.90. The molecule has 3 nitrogen and oxygen atoms in total. The Bertz CT molecular complexity index is 441. The Labute approximate surface area is 119 Å². The van der Waals surface area contributed by atoms with Crippen molar-refractivity contribution in [3.05, 3.63) is 28.8 Å². The van der Waals surface area contributed by atoms with Gasteiger partial charge in [-0.15, -0.1) is 0 Å². The van der Waals surface area contributed by atoms with Gasteiger partial charge in [0.2, 0.25) is 0 Å². The molecule has 0 saturated heterocycles. The lowest BCUT2D eigenvalue weighted by Crippen LogP contribution is -2.32.